The third-order valence-corrected chi connectivity index (χ3v) is 7.03. The third-order valence-electron chi connectivity index (χ3n) is 5.99. The Morgan fingerprint density at radius 3 is 2.62 bits per heavy atom. The highest BCUT2D eigenvalue weighted by atomic mass is 32.2. The molecule has 2 aliphatic rings. The maximum absolute atomic E-state index is 13.4. The molecule has 0 aliphatic carbocycles. The van der Waals surface area contributed by atoms with Crippen molar-refractivity contribution in [2.24, 2.45) is 4.99 Å². The lowest BCUT2D eigenvalue weighted by atomic mass is 10.1. The Labute approximate surface area is 198 Å². The number of amides is 1. The van der Waals surface area contributed by atoms with Crippen LogP contribution in [0.15, 0.2) is 58.6 Å². The molecule has 0 radical (unpaired) electrons. The summed E-state index contributed by atoms with van der Waals surface area (Å²) in [7, 11) is 2.07. The zero-order chi connectivity index (χ0) is 23.9. The first kappa shape index (κ1) is 22.7. The number of benzene rings is 2. The van der Waals surface area contributed by atoms with Crippen LogP contribution in [0.5, 0.6) is 0 Å². The number of aliphatic imine (C=N–C) groups is 1. The van der Waals surface area contributed by atoms with E-state index in [0.29, 0.717) is 4.91 Å². The molecule has 1 saturated heterocycles. The second-order valence-electron chi connectivity index (χ2n) is 8.38. The van der Waals surface area contributed by atoms with Gasteiger partial charge in [0.2, 0.25) is 0 Å². The molecule has 0 saturated carbocycles. The molecule has 6 nitrogen and oxygen atoms in total. The van der Waals surface area contributed by atoms with Crippen LogP contribution in [-0.2, 0) is 17.5 Å². The molecule has 0 bridgehead atoms. The van der Waals surface area contributed by atoms with E-state index in [4.69, 9.17) is 0 Å². The van der Waals surface area contributed by atoms with Gasteiger partial charge in [0.25, 0.3) is 5.91 Å². The third kappa shape index (κ3) is 4.60. The fourth-order valence-corrected chi connectivity index (χ4v) is 5.06. The Hall–Kier alpha value is -3.11. The Kier molecular flexibility index (Phi) is 5.95. The molecule has 0 N–H and O–H groups in total. The molecular formula is C24H22F3N5OS. The van der Waals surface area contributed by atoms with Gasteiger partial charge in [-0.25, -0.2) is 0 Å². The number of halogens is 3. The fraction of sp³-hybridized carbons (Fsp3) is 0.292. The minimum atomic E-state index is -4.42. The van der Waals surface area contributed by atoms with Gasteiger partial charge in [-0.1, -0.05) is 24.3 Å². The quantitative estimate of drug-likeness (QED) is 0.518. The number of nitrogens with zero attached hydrogens (tertiary/aromatic N) is 5. The topological polar surface area (TPSA) is 53.7 Å². The number of carbonyl (C=O) groups is 1. The maximum atomic E-state index is 13.4. The molecule has 176 valence electrons. The Morgan fingerprint density at radius 2 is 1.85 bits per heavy atom. The van der Waals surface area contributed by atoms with Gasteiger partial charge in [-0.3, -0.25) is 9.48 Å². The number of hydrogen-bond acceptors (Lipinski definition) is 5. The molecular weight excluding hydrogens is 463 g/mol. The number of carbonyl (C=O) groups excluding carboxylic acids is 1. The van der Waals surface area contributed by atoms with E-state index in [1.165, 1.54) is 23.9 Å². The summed E-state index contributed by atoms with van der Waals surface area (Å²) in [6.07, 6.45) is -0.992. The summed E-state index contributed by atoms with van der Waals surface area (Å²) in [5.74, 6) is -0.251. The molecule has 10 heteroatoms. The first-order valence-electron chi connectivity index (χ1n) is 10.8. The van der Waals surface area contributed by atoms with Crippen molar-refractivity contribution in [1.82, 2.24) is 19.6 Å². The molecule has 34 heavy (non-hydrogen) atoms. The molecule has 1 fully saturated rings. The second-order valence-corrected chi connectivity index (χ2v) is 9.38. The number of amidine groups is 1. The molecule has 0 spiro atoms. The van der Waals surface area contributed by atoms with E-state index in [2.05, 4.69) is 26.9 Å². The van der Waals surface area contributed by atoms with Crippen LogP contribution >= 0.6 is 11.8 Å². The van der Waals surface area contributed by atoms with Gasteiger partial charge in [-0.15, -0.1) is 0 Å². The van der Waals surface area contributed by atoms with E-state index in [-0.39, 0.29) is 18.0 Å². The summed E-state index contributed by atoms with van der Waals surface area (Å²) < 4.78 is 41.6. The van der Waals surface area contributed by atoms with Crippen molar-refractivity contribution in [1.29, 1.82) is 0 Å². The smallest absolute Gasteiger partial charge is 0.348 e. The number of rotatable bonds is 3. The van der Waals surface area contributed by atoms with Crippen molar-refractivity contribution < 1.29 is 18.0 Å². The average Bonchev–Trinajstić information content (AvgIpc) is 3.37. The lowest BCUT2D eigenvalue weighted by Crippen LogP contribution is -2.46. The predicted molar refractivity (Wildman–Crippen MR) is 127 cm³/mol. The zero-order valence-corrected chi connectivity index (χ0v) is 19.2. The van der Waals surface area contributed by atoms with Crippen LogP contribution in [0, 0.1) is 0 Å². The van der Waals surface area contributed by atoms with Crippen molar-refractivity contribution in [2.75, 3.05) is 33.2 Å². The molecule has 0 atom stereocenters. The van der Waals surface area contributed by atoms with E-state index in [1.54, 1.807) is 23.0 Å². The minimum Gasteiger partial charge on any atom is -0.348 e. The summed E-state index contributed by atoms with van der Waals surface area (Å²) in [6, 6.07) is 11.1. The van der Waals surface area contributed by atoms with E-state index < -0.39 is 11.7 Å². The van der Waals surface area contributed by atoms with Crippen LogP contribution in [0.25, 0.3) is 17.0 Å². The highest BCUT2D eigenvalue weighted by Gasteiger charge is 2.33. The first-order valence-corrected chi connectivity index (χ1v) is 11.7. The Bertz CT molecular complexity index is 1310. The van der Waals surface area contributed by atoms with Crippen molar-refractivity contribution in [3.63, 3.8) is 0 Å². The van der Waals surface area contributed by atoms with Crippen LogP contribution in [0.1, 0.15) is 16.7 Å². The maximum Gasteiger partial charge on any atom is 0.416 e. The van der Waals surface area contributed by atoms with Crippen LogP contribution < -0.4 is 0 Å². The summed E-state index contributed by atoms with van der Waals surface area (Å²) in [5.41, 5.74) is 1.04. The summed E-state index contributed by atoms with van der Waals surface area (Å²) in [4.78, 5) is 21.6. The SMILES string of the molecule is CN1CCN(C2=NC(=O)C(=Cc3ccc4c(cnn4Cc4ccccc4C(F)(F)F)c3)S2)CC1. The summed E-state index contributed by atoms with van der Waals surface area (Å²) in [6.45, 7) is 3.55. The standard InChI is InChI=1S/C24H22F3N5OS/c1-30-8-10-31(11-9-30)23-29-22(33)21(34-23)13-16-6-7-20-18(12-16)14-28-32(20)15-17-4-2-3-5-19(17)24(25,26)27/h2-7,12-14H,8-11,15H2,1H3. The summed E-state index contributed by atoms with van der Waals surface area (Å²) in [5, 5.41) is 5.83. The normalized spacial score (nSPS) is 18.8. The molecule has 2 aromatic carbocycles. The van der Waals surface area contributed by atoms with E-state index in [9.17, 15) is 18.0 Å². The van der Waals surface area contributed by atoms with Crippen LogP contribution in [0.4, 0.5) is 13.2 Å². The Balaban J connectivity index is 1.35. The molecule has 0 unspecified atom stereocenters. The highest BCUT2D eigenvalue weighted by Crippen LogP contribution is 2.33. The van der Waals surface area contributed by atoms with E-state index in [0.717, 1.165) is 53.9 Å². The largest absolute Gasteiger partial charge is 0.416 e. The van der Waals surface area contributed by atoms with E-state index >= 15 is 0 Å². The lowest BCUT2D eigenvalue weighted by Gasteiger charge is -2.32. The van der Waals surface area contributed by atoms with Crippen LogP contribution in [-0.4, -0.2) is 63.9 Å². The molecule has 3 heterocycles. The van der Waals surface area contributed by atoms with Crippen LogP contribution in [0.2, 0.25) is 0 Å². The first-order chi connectivity index (χ1) is 16.3. The van der Waals surface area contributed by atoms with Crippen molar-refractivity contribution in [3.8, 4) is 0 Å². The number of piperazine rings is 1. The van der Waals surface area contributed by atoms with Gasteiger partial charge in [0.05, 0.1) is 28.7 Å². The van der Waals surface area contributed by atoms with Crippen LogP contribution in [0.3, 0.4) is 0 Å². The van der Waals surface area contributed by atoms with Crippen molar-refractivity contribution in [2.45, 2.75) is 12.7 Å². The monoisotopic (exact) mass is 485 g/mol. The molecule has 5 rings (SSSR count). The lowest BCUT2D eigenvalue weighted by molar-refractivity contribution is -0.138. The molecule has 2 aliphatic heterocycles. The molecule has 1 aromatic heterocycles. The fourth-order valence-electron chi connectivity index (χ4n) is 4.10. The number of likely N-dealkylation sites (N-methyl/N-ethyl adjacent to an activating group) is 1. The van der Waals surface area contributed by atoms with Gasteiger partial charge in [0.1, 0.15) is 0 Å². The average molecular weight is 486 g/mol. The molecule has 1 amide bonds. The van der Waals surface area contributed by atoms with Gasteiger partial charge in [-0.05, 0) is 54.2 Å². The zero-order valence-electron chi connectivity index (χ0n) is 18.4. The van der Waals surface area contributed by atoms with Crippen molar-refractivity contribution in [3.05, 3.63) is 70.3 Å². The minimum absolute atomic E-state index is 0.0101. The number of aromatic nitrogens is 2. The number of fused-ring (bicyclic) bond motifs is 1. The van der Waals surface area contributed by atoms with E-state index in [1.807, 2.05) is 18.2 Å². The number of alkyl halides is 3. The molecule has 3 aromatic rings. The van der Waals surface area contributed by atoms with Gasteiger partial charge >= 0.3 is 6.18 Å². The van der Waals surface area contributed by atoms with Gasteiger partial charge < -0.3 is 9.80 Å². The van der Waals surface area contributed by atoms with Gasteiger partial charge in [-0.2, -0.15) is 23.3 Å². The number of hydrogen-bond donors (Lipinski definition) is 0. The van der Waals surface area contributed by atoms with Crippen molar-refractivity contribution >= 4 is 39.8 Å². The summed E-state index contributed by atoms with van der Waals surface area (Å²) >= 11 is 1.38. The highest BCUT2D eigenvalue weighted by molar-refractivity contribution is 8.18. The van der Waals surface area contributed by atoms with Gasteiger partial charge in [0.15, 0.2) is 5.17 Å². The number of thioether (sulfide) groups is 1. The second kappa shape index (κ2) is 8.92. The predicted octanol–water partition coefficient (Wildman–Crippen LogP) is 4.32. The van der Waals surface area contributed by atoms with Gasteiger partial charge in [0, 0.05) is 31.6 Å². The Morgan fingerprint density at radius 1 is 1.09 bits per heavy atom.